The molecule has 6 heteroatoms. The van der Waals surface area contributed by atoms with Gasteiger partial charge in [0.1, 0.15) is 12.1 Å². The lowest BCUT2D eigenvalue weighted by molar-refractivity contribution is -0.142. The van der Waals surface area contributed by atoms with Gasteiger partial charge in [0, 0.05) is 11.3 Å². The third-order valence-corrected chi connectivity index (χ3v) is 1.45. The van der Waals surface area contributed by atoms with Gasteiger partial charge in [-0.2, -0.15) is 0 Å². The van der Waals surface area contributed by atoms with E-state index in [-0.39, 0.29) is 12.6 Å². The fourth-order valence-electron chi connectivity index (χ4n) is 0.919. The Morgan fingerprint density at radius 1 is 1.91 bits per heavy atom. The standard InChI is InChI=1S/C5H8N4O2/c6-4-1-3(2-8-9-7)11-5(4)10/h3-4H,1-2,6H2/t3-,4-/m0/s1. The lowest BCUT2D eigenvalue weighted by Gasteiger charge is -2.01. The molecule has 0 spiro atoms. The summed E-state index contributed by atoms with van der Waals surface area (Å²) in [6.45, 7) is 0.177. The van der Waals surface area contributed by atoms with Crippen LogP contribution in [0.25, 0.3) is 10.4 Å². The van der Waals surface area contributed by atoms with E-state index >= 15 is 0 Å². The zero-order valence-electron chi connectivity index (χ0n) is 5.80. The summed E-state index contributed by atoms with van der Waals surface area (Å²) in [6, 6.07) is -0.547. The van der Waals surface area contributed by atoms with Crippen molar-refractivity contribution in [2.45, 2.75) is 18.6 Å². The van der Waals surface area contributed by atoms with Crippen molar-refractivity contribution in [1.82, 2.24) is 0 Å². The maximum Gasteiger partial charge on any atom is 0.323 e. The average Bonchev–Trinajstić information content (AvgIpc) is 2.28. The Kier molecular flexibility index (Phi) is 2.30. The Bertz CT molecular complexity index is 209. The van der Waals surface area contributed by atoms with Crippen LogP contribution in [-0.2, 0) is 9.53 Å². The second-order valence-electron chi connectivity index (χ2n) is 2.31. The molecule has 1 fully saturated rings. The normalized spacial score (nSPS) is 29.4. The van der Waals surface area contributed by atoms with E-state index < -0.39 is 12.0 Å². The first-order valence-electron chi connectivity index (χ1n) is 3.21. The molecule has 0 unspecified atom stereocenters. The van der Waals surface area contributed by atoms with Gasteiger partial charge in [0.25, 0.3) is 0 Å². The molecule has 60 valence electrons. The SMILES string of the molecule is [N-]=[N+]=NC[C@@H]1C[C@H](N)C(=O)O1. The van der Waals surface area contributed by atoms with Gasteiger partial charge in [0.15, 0.2) is 0 Å². The second kappa shape index (κ2) is 3.23. The lowest BCUT2D eigenvalue weighted by atomic mass is 10.2. The van der Waals surface area contributed by atoms with Crippen LogP contribution in [0.2, 0.25) is 0 Å². The van der Waals surface area contributed by atoms with Crippen molar-refractivity contribution in [3.8, 4) is 0 Å². The van der Waals surface area contributed by atoms with E-state index in [0.717, 1.165) is 0 Å². The van der Waals surface area contributed by atoms with Crippen molar-refractivity contribution in [2.24, 2.45) is 10.8 Å². The fraction of sp³-hybridized carbons (Fsp3) is 0.800. The molecule has 1 aliphatic rings. The first-order valence-corrected chi connectivity index (χ1v) is 3.21. The molecule has 0 aromatic rings. The number of hydrogen-bond donors (Lipinski definition) is 1. The van der Waals surface area contributed by atoms with Crippen LogP contribution in [0.4, 0.5) is 0 Å². The summed E-state index contributed by atoms with van der Waals surface area (Å²) >= 11 is 0. The molecular weight excluding hydrogens is 148 g/mol. The monoisotopic (exact) mass is 156 g/mol. The van der Waals surface area contributed by atoms with Crippen LogP contribution >= 0.6 is 0 Å². The predicted octanol–water partition coefficient (Wildman–Crippen LogP) is -0.0605. The van der Waals surface area contributed by atoms with Gasteiger partial charge in [-0.05, 0) is 5.53 Å². The number of carbonyl (C=O) groups is 1. The topological polar surface area (TPSA) is 101 Å². The summed E-state index contributed by atoms with van der Waals surface area (Å²) in [7, 11) is 0. The molecule has 0 saturated carbocycles. The van der Waals surface area contributed by atoms with Gasteiger partial charge >= 0.3 is 5.97 Å². The molecule has 1 aliphatic heterocycles. The van der Waals surface area contributed by atoms with Crippen molar-refractivity contribution in [1.29, 1.82) is 0 Å². The molecule has 0 aliphatic carbocycles. The first kappa shape index (κ1) is 7.84. The summed E-state index contributed by atoms with van der Waals surface area (Å²) < 4.78 is 4.75. The van der Waals surface area contributed by atoms with Gasteiger partial charge in [-0.3, -0.25) is 4.79 Å². The highest BCUT2D eigenvalue weighted by atomic mass is 16.6. The highest BCUT2D eigenvalue weighted by Crippen LogP contribution is 2.12. The zero-order valence-corrected chi connectivity index (χ0v) is 5.80. The number of ether oxygens (including phenoxy) is 1. The van der Waals surface area contributed by atoms with E-state index in [0.29, 0.717) is 6.42 Å². The number of azide groups is 1. The predicted molar refractivity (Wildman–Crippen MR) is 36.5 cm³/mol. The average molecular weight is 156 g/mol. The first-order chi connectivity index (χ1) is 5.24. The minimum Gasteiger partial charge on any atom is -0.461 e. The van der Waals surface area contributed by atoms with Gasteiger partial charge in [-0.25, -0.2) is 0 Å². The number of hydrogen-bond acceptors (Lipinski definition) is 4. The van der Waals surface area contributed by atoms with Gasteiger partial charge < -0.3 is 10.5 Å². The number of cyclic esters (lactones) is 1. The van der Waals surface area contributed by atoms with Crippen LogP contribution in [0.3, 0.4) is 0 Å². The Morgan fingerprint density at radius 2 is 2.64 bits per heavy atom. The number of esters is 1. The second-order valence-corrected chi connectivity index (χ2v) is 2.31. The van der Waals surface area contributed by atoms with Gasteiger partial charge in [0.05, 0.1) is 6.54 Å². The van der Waals surface area contributed by atoms with Crippen molar-refractivity contribution in [2.75, 3.05) is 6.54 Å². The van der Waals surface area contributed by atoms with Gasteiger partial charge in [-0.15, -0.1) is 0 Å². The summed E-state index contributed by atoms with van der Waals surface area (Å²) in [5.41, 5.74) is 13.3. The molecule has 1 heterocycles. The van der Waals surface area contributed by atoms with Crippen LogP contribution in [-0.4, -0.2) is 24.7 Å². The summed E-state index contributed by atoms with van der Waals surface area (Å²) in [6.07, 6.45) is 0.117. The van der Waals surface area contributed by atoms with E-state index in [1.807, 2.05) is 0 Å². The van der Waals surface area contributed by atoms with Gasteiger partial charge in [0.2, 0.25) is 0 Å². The smallest absolute Gasteiger partial charge is 0.323 e. The third kappa shape index (κ3) is 1.83. The molecule has 0 amide bonds. The Hall–Kier alpha value is -1.26. The Balaban J connectivity index is 2.40. The van der Waals surface area contributed by atoms with Crippen LogP contribution in [0.1, 0.15) is 6.42 Å². The fourth-order valence-corrected chi connectivity index (χ4v) is 0.919. The number of rotatable bonds is 2. The van der Waals surface area contributed by atoms with Crippen molar-refractivity contribution in [3.63, 3.8) is 0 Å². The molecule has 11 heavy (non-hydrogen) atoms. The Labute approximate surface area is 62.9 Å². The molecule has 6 nitrogen and oxygen atoms in total. The molecule has 0 radical (unpaired) electrons. The van der Waals surface area contributed by atoms with E-state index in [1.165, 1.54) is 0 Å². The molecule has 2 atom stereocenters. The molecule has 0 aromatic heterocycles. The third-order valence-electron chi connectivity index (χ3n) is 1.45. The molecule has 0 bridgehead atoms. The number of nitrogens with two attached hydrogens (primary N) is 1. The number of nitrogens with zero attached hydrogens (tertiary/aromatic N) is 3. The maximum atomic E-state index is 10.7. The van der Waals surface area contributed by atoms with Crippen LogP contribution in [0.5, 0.6) is 0 Å². The van der Waals surface area contributed by atoms with E-state index in [9.17, 15) is 4.79 Å². The molecule has 1 rings (SSSR count). The quantitative estimate of drug-likeness (QED) is 0.262. The molecule has 0 aromatic carbocycles. The van der Waals surface area contributed by atoms with Crippen LogP contribution in [0.15, 0.2) is 5.11 Å². The minimum absolute atomic E-state index is 0.177. The largest absolute Gasteiger partial charge is 0.461 e. The van der Waals surface area contributed by atoms with E-state index in [4.69, 9.17) is 16.0 Å². The van der Waals surface area contributed by atoms with Crippen LogP contribution < -0.4 is 5.73 Å². The lowest BCUT2D eigenvalue weighted by Crippen LogP contribution is -2.24. The minimum atomic E-state index is -0.547. The highest BCUT2D eigenvalue weighted by molar-refractivity contribution is 5.77. The summed E-state index contributed by atoms with van der Waals surface area (Å²) in [4.78, 5) is 13.2. The van der Waals surface area contributed by atoms with Gasteiger partial charge in [-0.1, -0.05) is 5.11 Å². The Morgan fingerprint density at radius 3 is 3.09 bits per heavy atom. The number of carbonyl (C=O) groups excluding carboxylic acids is 1. The molecule has 2 N–H and O–H groups in total. The maximum absolute atomic E-state index is 10.7. The van der Waals surface area contributed by atoms with Crippen LogP contribution in [0, 0.1) is 0 Å². The zero-order chi connectivity index (χ0) is 8.27. The van der Waals surface area contributed by atoms with Crippen molar-refractivity contribution < 1.29 is 9.53 Å². The summed E-state index contributed by atoms with van der Waals surface area (Å²) in [5.74, 6) is -0.414. The van der Waals surface area contributed by atoms with E-state index in [1.54, 1.807) is 0 Å². The summed E-state index contributed by atoms with van der Waals surface area (Å²) in [5, 5.41) is 3.27. The van der Waals surface area contributed by atoms with Crippen molar-refractivity contribution in [3.05, 3.63) is 10.4 Å². The highest BCUT2D eigenvalue weighted by Gasteiger charge is 2.30. The molecule has 1 saturated heterocycles. The van der Waals surface area contributed by atoms with Crippen molar-refractivity contribution >= 4 is 5.97 Å². The van der Waals surface area contributed by atoms with E-state index in [2.05, 4.69) is 10.0 Å². The molecular formula is C5H8N4O2.